The predicted octanol–water partition coefficient (Wildman–Crippen LogP) is 2.46. The van der Waals surface area contributed by atoms with Gasteiger partial charge in [-0.15, -0.1) is 0 Å². The second kappa shape index (κ2) is 6.82. The lowest BCUT2D eigenvalue weighted by Gasteiger charge is -2.28. The maximum Gasteiger partial charge on any atom is 0.254 e. The fraction of sp³-hybridized carbons (Fsp3) is 0.588. The quantitative estimate of drug-likeness (QED) is 0.836. The Morgan fingerprint density at radius 1 is 1.23 bits per heavy atom. The lowest BCUT2D eigenvalue weighted by molar-refractivity contribution is 0.0719. The lowest BCUT2D eigenvalue weighted by atomic mass is 9.90. The Balaban J connectivity index is 2.21. The van der Waals surface area contributed by atoms with E-state index >= 15 is 0 Å². The van der Waals surface area contributed by atoms with Gasteiger partial charge < -0.3 is 4.90 Å². The molecule has 22 heavy (non-hydrogen) atoms. The zero-order chi connectivity index (χ0) is 16.3. The molecule has 0 fully saturated rings. The minimum Gasteiger partial charge on any atom is -0.335 e. The van der Waals surface area contributed by atoms with Crippen molar-refractivity contribution >= 4 is 15.7 Å². The second-order valence-corrected chi connectivity index (χ2v) is 8.41. The second-order valence-electron chi connectivity index (χ2n) is 6.22. The topological polar surface area (TPSA) is 54.5 Å². The first kappa shape index (κ1) is 17.0. The molecule has 0 aliphatic heterocycles. The van der Waals surface area contributed by atoms with Crippen molar-refractivity contribution < 1.29 is 13.2 Å². The van der Waals surface area contributed by atoms with E-state index in [0.29, 0.717) is 12.1 Å². The summed E-state index contributed by atoms with van der Waals surface area (Å²) in [7, 11) is -3.10. The van der Waals surface area contributed by atoms with Crippen molar-refractivity contribution in [3.05, 3.63) is 34.9 Å². The molecule has 1 aliphatic carbocycles. The molecule has 5 heteroatoms. The van der Waals surface area contributed by atoms with Crippen molar-refractivity contribution in [3.63, 3.8) is 0 Å². The molecule has 0 radical (unpaired) electrons. The minimum absolute atomic E-state index is 0.00246. The summed E-state index contributed by atoms with van der Waals surface area (Å²) in [6.45, 7) is 4.18. The van der Waals surface area contributed by atoms with Crippen LogP contribution in [0.2, 0.25) is 0 Å². The molecule has 4 nitrogen and oxygen atoms in total. The van der Waals surface area contributed by atoms with Crippen molar-refractivity contribution in [1.82, 2.24) is 4.90 Å². The molecule has 0 aromatic heterocycles. The van der Waals surface area contributed by atoms with Crippen LogP contribution in [0, 0.1) is 0 Å². The molecule has 0 N–H and O–H groups in total. The number of aryl methyl sites for hydroxylation is 2. The monoisotopic (exact) mass is 323 g/mol. The summed E-state index contributed by atoms with van der Waals surface area (Å²) in [6, 6.07) is 5.61. The van der Waals surface area contributed by atoms with Crippen molar-refractivity contribution in [3.8, 4) is 0 Å². The van der Waals surface area contributed by atoms with Gasteiger partial charge in [-0.3, -0.25) is 4.79 Å². The largest absolute Gasteiger partial charge is 0.335 e. The smallest absolute Gasteiger partial charge is 0.254 e. The molecule has 1 aliphatic rings. The van der Waals surface area contributed by atoms with E-state index in [9.17, 15) is 13.2 Å². The average Bonchev–Trinajstić information content (AvgIpc) is 2.45. The van der Waals surface area contributed by atoms with Crippen LogP contribution in [0.4, 0.5) is 0 Å². The van der Waals surface area contributed by atoms with Gasteiger partial charge in [-0.05, 0) is 62.8 Å². The molecule has 0 saturated carbocycles. The van der Waals surface area contributed by atoms with Crippen LogP contribution in [0.5, 0.6) is 0 Å². The molecule has 0 bridgehead atoms. The van der Waals surface area contributed by atoms with E-state index in [4.69, 9.17) is 0 Å². The standard InChI is InChI=1S/C17H25NO3S/c1-4-18(13(2)12-22(3,20)21)17(19)16-10-9-14-7-5-6-8-15(14)11-16/h9-11,13H,4-8,12H2,1-3H3. The van der Waals surface area contributed by atoms with Crippen LogP contribution in [0.15, 0.2) is 18.2 Å². The van der Waals surface area contributed by atoms with E-state index in [0.717, 1.165) is 12.8 Å². The molecular formula is C17H25NO3S. The maximum atomic E-state index is 12.7. The molecule has 1 unspecified atom stereocenters. The highest BCUT2D eigenvalue weighted by Gasteiger charge is 2.23. The number of amides is 1. The number of fused-ring (bicyclic) bond motifs is 1. The zero-order valence-corrected chi connectivity index (χ0v) is 14.4. The molecule has 0 saturated heterocycles. The number of nitrogens with zero attached hydrogens (tertiary/aromatic N) is 1. The van der Waals surface area contributed by atoms with Crippen molar-refractivity contribution in [2.75, 3.05) is 18.6 Å². The summed E-state index contributed by atoms with van der Waals surface area (Å²) in [4.78, 5) is 14.4. The van der Waals surface area contributed by atoms with E-state index in [1.165, 1.54) is 30.2 Å². The van der Waals surface area contributed by atoms with Crippen LogP contribution in [0.3, 0.4) is 0 Å². The van der Waals surface area contributed by atoms with Crippen LogP contribution in [0.1, 0.15) is 48.2 Å². The van der Waals surface area contributed by atoms with E-state index in [2.05, 4.69) is 6.07 Å². The third kappa shape index (κ3) is 4.09. The van der Waals surface area contributed by atoms with Gasteiger partial charge in [0.15, 0.2) is 0 Å². The van der Waals surface area contributed by atoms with Crippen LogP contribution in [-0.4, -0.2) is 43.8 Å². The molecule has 122 valence electrons. The fourth-order valence-corrected chi connectivity index (χ4v) is 4.27. The van der Waals surface area contributed by atoms with E-state index < -0.39 is 9.84 Å². The molecule has 1 amide bonds. The van der Waals surface area contributed by atoms with Crippen LogP contribution in [0.25, 0.3) is 0 Å². The van der Waals surface area contributed by atoms with Crippen LogP contribution >= 0.6 is 0 Å². The van der Waals surface area contributed by atoms with Gasteiger partial charge in [-0.1, -0.05) is 6.07 Å². The van der Waals surface area contributed by atoms with Gasteiger partial charge in [-0.25, -0.2) is 8.42 Å². The van der Waals surface area contributed by atoms with Gasteiger partial charge in [0.05, 0.1) is 5.75 Å². The van der Waals surface area contributed by atoms with Gasteiger partial charge in [0.25, 0.3) is 5.91 Å². The third-order valence-corrected chi connectivity index (χ3v) is 5.36. The van der Waals surface area contributed by atoms with Crippen LogP contribution < -0.4 is 0 Å². The van der Waals surface area contributed by atoms with Gasteiger partial charge in [-0.2, -0.15) is 0 Å². The third-order valence-electron chi connectivity index (χ3n) is 4.27. The highest BCUT2D eigenvalue weighted by Crippen LogP contribution is 2.23. The van der Waals surface area contributed by atoms with Gasteiger partial charge >= 0.3 is 0 Å². The summed E-state index contributed by atoms with van der Waals surface area (Å²) < 4.78 is 22.9. The Bertz CT molecular complexity index is 652. The highest BCUT2D eigenvalue weighted by molar-refractivity contribution is 7.90. The van der Waals surface area contributed by atoms with E-state index in [1.54, 1.807) is 11.8 Å². The number of hydrogen-bond donors (Lipinski definition) is 0. The lowest BCUT2D eigenvalue weighted by Crippen LogP contribution is -2.42. The number of carbonyl (C=O) groups is 1. The molecule has 1 atom stereocenters. The summed E-state index contributed by atoms with van der Waals surface area (Å²) in [5.74, 6) is -0.0793. The molecular weight excluding hydrogens is 298 g/mol. The molecule has 1 aromatic carbocycles. The normalized spacial score (nSPS) is 16.0. The van der Waals surface area contributed by atoms with Crippen molar-refractivity contribution in [1.29, 1.82) is 0 Å². The Hall–Kier alpha value is -1.36. The highest BCUT2D eigenvalue weighted by atomic mass is 32.2. The summed E-state index contributed by atoms with van der Waals surface area (Å²) in [5.41, 5.74) is 3.28. The number of rotatable bonds is 5. The Labute approximate surface area is 133 Å². The Kier molecular flexibility index (Phi) is 5.27. The summed E-state index contributed by atoms with van der Waals surface area (Å²) in [5, 5.41) is 0. The first-order chi connectivity index (χ1) is 10.3. The molecule has 2 rings (SSSR count). The number of sulfone groups is 1. The zero-order valence-electron chi connectivity index (χ0n) is 13.6. The summed E-state index contributed by atoms with van der Waals surface area (Å²) >= 11 is 0. The number of hydrogen-bond acceptors (Lipinski definition) is 3. The number of benzene rings is 1. The van der Waals surface area contributed by atoms with E-state index in [-0.39, 0.29) is 17.7 Å². The first-order valence-electron chi connectivity index (χ1n) is 7.92. The molecule has 0 spiro atoms. The van der Waals surface area contributed by atoms with Gasteiger partial charge in [0, 0.05) is 24.4 Å². The molecule has 1 aromatic rings. The average molecular weight is 323 g/mol. The van der Waals surface area contributed by atoms with Crippen molar-refractivity contribution in [2.45, 2.75) is 45.6 Å². The van der Waals surface area contributed by atoms with Crippen LogP contribution in [-0.2, 0) is 22.7 Å². The molecule has 0 heterocycles. The van der Waals surface area contributed by atoms with Crippen molar-refractivity contribution in [2.24, 2.45) is 0 Å². The van der Waals surface area contributed by atoms with E-state index in [1.807, 2.05) is 19.1 Å². The minimum atomic E-state index is -3.10. The fourth-order valence-electron chi connectivity index (χ4n) is 3.22. The predicted molar refractivity (Wildman–Crippen MR) is 89.0 cm³/mol. The Morgan fingerprint density at radius 2 is 1.86 bits per heavy atom. The van der Waals surface area contributed by atoms with Gasteiger partial charge in [0.2, 0.25) is 0 Å². The SMILES string of the molecule is CCN(C(=O)c1ccc2c(c1)CCCC2)C(C)CS(C)(=O)=O. The number of carbonyl (C=O) groups excluding carboxylic acids is 1. The summed E-state index contributed by atoms with van der Waals surface area (Å²) in [6.07, 6.45) is 5.72. The Morgan fingerprint density at radius 3 is 2.45 bits per heavy atom. The maximum absolute atomic E-state index is 12.7. The first-order valence-corrected chi connectivity index (χ1v) is 9.98. The van der Waals surface area contributed by atoms with Gasteiger partial charge in [0.1, 0.15) is 9.84 Å².